The SMILES string of the molecule is CCCN1NC=CC1Cl. The summed E-state index contributed by atoms with van der Waals surface area (Å²) in [7, 11) is 0. The standard InChI is InChI=1S/C6H11ClN2/c1-2-5-9-6(7)3-4-8-9/h3-4,6,8H,2,5H2,1H3. The van der Waals surface area contributed by atoms with Crippen LogP contribution in [0.2, 0.25) is 0 Å². The van der Waals surface area contributed by atoms with E-state index in [2.05, 4.69) is 12.3 Å². The summed E-state index contributed by atoms with van der Waals surface area (Å²) >= 11 is 5.83. The van der Waals surface area contributed by atoms with E-state index in [-0.39, 0.29) is 5.50 Å². The summed E-state index contributed by atoms with van der Waals surface area (Å²) in [6.45, 7) is 3.13. The van der Waals surface area contributed by atoms with Crippen LogP contribution in [0.15, 0.2) is 12.3 Å². The summed E-state index contributed by atoms with van der Waals surface area (Å²) in [6.07, 6.45) is 4.92. The van der Waals surface area contributed by atoms with Crippen molar-refractivity contribution in [2.24, 2.45) is 0 Å². The molecule has 0 bridgehead atoms. The summed E-state index contributed by atoms with van der Waals surface area (Å²) in [5, 5.41) is 1.99. The molecule has 0 aromatic carbocycles. The second-order valence-corrected chi connectivity index (χ2v) is 2.50. The van der Waals surface area contributed by atoms with Crippen molar-refractivity contribution in [1.29, 1.82) is 0 Å². The van der Waals surface area contributed by atoms with Crippen LogP contribution in [-0.2, 0) is 0 Å². The summed E-state index contributed by atoms with van der Waals surface area (Å²) in [4.78, 5) is 0. The average molecular weight is 147 g/mol. The Morgan fingerprint density at radius 2 is 2.56 bits per heavy atom. The predicted octanol–water partition coefficient (Wildman–Crippen LogP) is 1.30. The van der Waals surface area contributed by atoms with Gasteiger partial charge in [-0.1, -0.05) is 18.5 Å². The lowest BCUT2D eigenvalue weighted by atomic mass is 10.4. The molecule has 2 nitrogen and oxygen atoms in total. The molecule has 1 aliphatic heterocycles. The van der Waals surface area contributed by atoms with E-state index in [0.717, 1.165) is 13.0 Å². The molecule has 0 aromatic rings. The van der Waals surface area contributed by atoms with Gasteiger partial charge in [0.05, 0.1) is 0 Å². The molecule has 1 rings (SSSR count). The molecule has 0 radical (unpaired) electrons. The molecule has 0 aromatic heterocycles. The molecule has 9 heavy (non-hydrogen) atoms. The van der Waals surface area contributed by atoms with Crippen molar-refractivity contribution in [1.82, 2.24) is 10.4 Å². The highest BCUT2D eigenvalue weighted by Crippen LogP contribution is 2.08. The third-order valence-corrected chi connectivity index (χ3v) is 1.64. The lowest BCUT2D eigenvalue weighted by Gasteiger charge is -2.18. The Morgan fingerprint density at radius 3 is 3.00 bits per heavy atom. The fraction of sp³-hybridized carbons (Fsp3) is 0.667. The zero-order chi connectivity index (χ0) is 6.69. The largest absolute Gasteiger partial charge is 0.325 e. The van der Waals surface area contributed by atoms with Gasteiger partial charge in [-0.05, 0) is 12.5 Å². The molecule has 0 aliphatic carbocycles. The number of halogens is 1. The van der Waals surface area contributed by atoms with E-state index in [9.17, 15) is 0 Å². The van der Waals surface area contributed by atoms with Crippen LogP contribution >= 0.6 is 11.6 Å². The van der Waals surface area contributed by atoms with Crippen LogP contribution in [0.1, 0.15) is 13.3 Å². The maximum absolute atomic E-state index is 5.83. The molecular formula is C6H11ClN2. The van der Waals surface area contributed by atoms with Crippen molar-refractivity contribution >= 4 is 11.6 Å². The highest BCUT2D eigenvalue weighted by Gasteiger charge is 2.13. The highest BCUT2D eigenvalue weighted by atomic mass is 35.5. The van der Waals surface area contributed by atoms with Gasteiger partial charge in [-0.25, -0.2) is 5.01 Å². The number of rotatable bonds is 2. The normalized spacial score (nSPS) is 26.7. The van der Waals surface area contributed by atoms with Gasteiger partial charge < -0.3 is 5.43 Å². The van der Waals surface area contributed by atoms with Crippen molar-refractivity contribution in [3.8, 4) is 0 Å². The second kappa shape index (κ2) is 3.08. The number of hydrazine groups is 1. The van der Waals surface area contributed by atoms with Gasteiger partial charge in [-0.2, -0.15) is 0 Å². The lowest BCUT2D eigenvalue weighted by molar-refractivity contribution is 0.246. The molecule has 1 unspecified atom stereocenters. The third-order valence-electron chi connectivity index (χ3n) is 1.26. The van der Waals surface area contributed by atoms with Gasteiger partial charge in [0, 0.05) is 12.7 Å². The van der Waals surface area contributed by atoms with E-state index < -0.39 is 0 Å². The van der Waals surface area contributed by atoms with E-state index in [4.69, 9.17) is 11.6 Å². The highest BCUT2D eigenvalue weighted by molar-refractivity contribution is 6.21. The summed E-state index contributed by atoms with van der Waals surface area (Å²) in [5.74, 6) is 0. The lowest BCUT2D eigenvalue weighted by Crippen LogP contribution is -2.34. The Balaban J connectivity index is 2.28. The van der Waals surface area contributed by atoms with Gasteiger partial charge in [-0.3, -0.25) is 0 Å². The van der Waals surface area contributed by atoms with Crippen molar-refractivity contribution in [3.05, 3.63) is 12.3 Å². The van der Waals surface area contributed by atoms with Crippen LogP contribution in [0.4, 0.5) is 0 Å². The van der Waals surface area contributed by atoms with Crippen molar-refractivity contribution in [3.63, 3.8) is 0 Å². The van der Waals surface area contributed by atoms with Crippen molar-refractivity contribution < 1.29 is 0 Å². The molecule has 0 fully saturated rings. The van der Waals surface area contributed by atoms with Crippen LogP contribution in [0.25, 0.3) is 0 Å². The molecule has 1 aliphatic rings. The van der Waals surface area contributed by atoms with Crippen LogP contribution in [0.3, 0.4) is 0 Å². The molecule has 0 spiro atoms. The first-order valence-corrected chi connectivity index (χ1v) is 3.62. The fourth-order valence-corrected chi connectivity index (χ4v) is 1.05. The topological polar surface area (TPSA) is 15.3 Å². The monoisotopic (exact) mass is 146 g/mol. The smallest absolute Gasteiger partial charge is 0.123 e. The van der Waals surface area contributed by atoms with E-state index in [0.29, 0.717) is 0 Å². The van der Waals surface area contributed by atoms with Crippen LogP contribution in [-0.4, -0.2) is 17.1 Å². The minimum Gasteiger partial charge on any atom is -0.325 e. The first-order chi connectivity index (χ1) is 4.34. The Labute approximate surface area is 60.5 Å². The maximum Gasteiger partial charge on any atom is 0.123 e. The predicted molar refractivity (Wildman–Crippen MR) is 38.9 cm³/mol. The number of hydrogen-bond donors (Lipinski definition) is 1. The van der Waals surface area contributed by atoms with Gasteiger partial charge in [0.1, 0.15) is 5.50 Å². The number of nitrogens with one attached hydrogen (secondary N) is 1. The molecular weight excluding hydrogens is 136 g/mol. The van der Waals surface area contributed by atoms with Crippen LogP contribution in [0, 0.1) is 0 Å². The number of nitrogens with zero attached hydrogens (tertiary/aromatic N) is 1. The molecule has 52 valence electrons. The molecule has 0 amide bonds. The minimum absolute atomic E-state index is 0.0462. The van der Waals surface area contributed by atoms with Gasteiger partial charge >= 0.3 is 0 Å². The molecule has 1 heterocycles. The van der Waals surface area contributed by atoms with E-state index in [1.807, 2.05) is 17.3 Å². The Bertz CT molecular complexity index is 114. The van der Waals surface area contributed by atoms with Crippen molar-refractivity contribution in [2.75, 3.05) is 6.54 Å². The van der Waals surface area contributed by atoms with E-state index >= 15 is 0 Å². The van der Waals surface area contributed by atoms with Gasteiger partial charge in [-0.15, -0.1) is 0 Å². The zero-order valence-electron chi connectivity index (χ0n) is 5.47. The van der Waals surface area contributed by atoms with Crippen LogP contribution < -0.4 is 5.43 Å². The first-order valence-electron chi connectivity index (χ1n) is 3.18. The number of hydrogen-bond acceptors (Lipinski definition) is 2. The molecule has 1 atom stereocenters. The fourth-order valence-electron chi connectivity index (χ4n) is 0.822. The van der Waals surface area contributed by atoms with Crippen LogP contribution in [0.5, 0.6) is 0 Å². The zero-order valence-corrected chi connectivity index (χ0v) is 6.23. The van der Waals surface area contributed by atoms with E-state index in [1.165, 1.54) is 0 Å². The van der Waals surface area contributed by atoms with Gasteiger partial charge in [0.2, 0.25) is 0 Å². The number of alkyl halides is 1. The minimum atomic E-state index is 0.0462. The Kier molecular flexibility index (Phi) is 2.37. The molecule has 0 saturated heterocycles. The quantitative estimate of drug-likeness (QED) is 0.467. The Morgan fingerprint density at radius 1 is 1.78 bits per heavy atom. The summed E-state index contributed by atoms with van der Waals surface area (Å²) < 4.78 is 0. The summed E-state index contributed by atoms with van der Waals surface area (Å²) in [5.41, 5.74) is 3.07. The average Bonchev–Trinajstić information content (AvgIpc) is 2.18. The maximum atomic E-state index is 5.83. The first kappa shape index (κ1) is 6.90. The second-order valence-electron chi connectivity index (χ2n) is 2.05. The third kappa shape index (κ3) is 1.60. The van der Waals surface area contributed by atoms with Crippen molar-refractivity contribution in [2.45, 2.75) is 18.8 Å². The van der Waals surface area contributed by atoms with E-state index in [1.54, 1.807) is 0 Å². The summed E-state index contributed by atoms with van der Waals surface area (Å²) in [6, 6.07) is 0. The van der Waals surface area contributed by atoms with Gasteiger partial charge in [0.25, 0.3) is 0 Å². The molecule has 3 heteroatoms. The Hall–Kier alpha value is -0.210. The molecule has 0 saturated carbocycles. The molecule has 1 N–H and O–H groups in total. The van der Waals surface area contributed by atoms with Gasteiger partial charge in [0.15, 0.2) is 0 Å².